The smallest absolute Gasteiger partial charge is 0.250 e. The lowest BCUT2D eigenvalue weighted by molar-refractivity contribution is 0.291. The summed E-state index contributed by atoms with van der Waals surface area (Å²) < 4.78 is 0. The van der Waals surface area contributed by atoms with Gasteiger partial charge in [-0.25, -0.2) is 4.98 Å². The fraction of sp³-hybridized carbons (Fsp3) is 0.636. The average Bonchev–Trinajstić information content (AvgIpc) is 2.63. The van der Waals surface area contributed by atoms with E-state index in [1.54, 1.807) is 6.20 Å². The van der Waals surface area contributed by atoms with Crippen LogP contribution in [-0.4, -0.2) is 35.6 Å². The van der Waals surface area contributed by atoms with Crippen LogP contribution in [0.25, 0.3) is 0 Å². The summed E-state index contributed by atoms with van der Waals surface area (Å²) in [6.07, 6.45) is 3.83. The first-order chi connectivity index (χ1) is 7.78. The lowest BCUT2D eigenvalue weighted by Gasteiger charge is -2.35. The monoisotopic (exact) mass is 220 g/mol. The Bertz CT molecular complexity index is 428. The van der Waals surface area contributed by atoms with E-state index >= 15 is 0 Å². The lowest BCUT2D eigenvalue weighted by atomic mass is 9.79. The van der Waals surface area contributed by atoms with Gasteiger partial charge in [0.15, 0.2) is 0 Å². The zero-order valence-corrected chi connectivity index (χ0v) is 9.12. The third-order valence-electron chi connectivity index (χ3n) is 3.73. The summed E-state index contributed by atoms with van der Waals surface area (Å²) in [5.74, 6) is 0.820. The maximum absolute atomic E-state index is 11.4. The minimum absolute atomic E-state index is 0.0343. The molecule has 16 heavy (non-hydrogen) atoms. The number of fused-ring (bicyclic) bond motifs is 4. The molecule has 1 aromatic rings. The van der Waals surface area contributed by atoms with Crippen molar-refractivity contribution in [3.05, 3.63) is 28.4 Å². The van der Waals surface area contributed by atoms with Crippen molar-refractivity contribution in [3.63, 3.8) is 0 Å². The van der Waals surface area contributed by atoms with Crippen LogP contribution in [-0.2, 0) is 5.41 Å². The number of rotatable bonds is 1. The number of aromatic amines is 1. The van der Waals surface area contributed by atoms with Crippen LogP contribution in [0, 0.1) is 0 Å². The van der Waals surface area contributed by atoms with Gasteiger partial charge in [-0.1, -0.05) is 0 Å². The van der Waals surface area contributed by atoms with Crippen LogP contribution < -0.4 is 16.2 Å². The van der Waals surface area contributed by atoms with E-state index in [0.29, 0.717) is 6.04 Å². The summed E-state index contributed by atoms with van der Waals surface area (Å²) in [7, 11) is 0. The Balaban J connectivity index is 2.00. The Morgan fingerprint density at radius 1 is 1.44 bits per heavy atom. The van der Waals surface area contributed by atoms with E-state index in [1.165, 1.54) is 6.07 Å². The molecule has 2 atom stereocenters. The molecule has 0 spiro atoms. The van der Waals surface area contributed by atoms with E-state index in [-0.39, 0.29) is 11.0 Å². The van der Waals surface area contributed by atoms with Gasteiger partial charge in [-0.05, 0) is 12.8 Å². The number of hydrogen-bond donors (Lipinski definition) is 3. The predicted octanol–water partition coefficient (Wildman–Crippen LogP) is -0.637. The predicted molar refractivity (Wildman–Crippen MR) is 60.4 cm³/mol. The average molecular weight is 220 g/mol. The van der Waals surface area contributed by atoms with E-state index in [4.69, 9.17) is 0 Å². The largest absolute Gasteiger partial charge is 0.314 e. The molecule has 3 aliphatic rings. The first-order valence-electron chi connectivity index (χ1n) is 5.78. The highest BCUT2D eigenvalue weighted by molar-refractivity contribution is 5.14. The van der Waals surface area contributed by atoms with Gasteiger partial charge in [0.05, 0.1) is 5.41 Å². The second-order valence-corrected chi connectivity index (χ2v) is 4.81. The first-order valence-corrected chi connectivity index (χ1v) is 5.78. The maximum atomic E-state index is 11.4. The summed E-state index contributed by atoms with van der Waals surface area (Å²) in [5.41, 5.74) is -0.0984. The molecule has 2 unspecified atom stereocenters. The van der Waals surface area contributed by atoms with Crippen LogP contribution in [0.3, 0.4) is 0 Å². The van der Waals surface area contributed by atoms with Gasteiger partial charge in [-0.3, -0.25) is 4.79 Å². The highest BCUT2D eigenvalue weighted by atomic mass is 16.1. The molecule has 3 saturated heterocycles. The normalized spacial score (nSPS) is 33.6. The van der Waals surface area contributed by atoms with Crippen molar-refractivity contribution in [1.29, 1.82) is 0 Å². The molecule has 3 aliphatic heterocycles. The van der Waals surface area contributed by atoms with Gasteiger partial charge in [-0.15, -0.1) is 0 Å². The van der Waals surface area contributed by atoms with Gasteiger partial charge in [0.1, 0.15) is 5.82 Å². The first kappa shape index (κ1) is 9.99. The second kappa shape index (κ2) is 3.68. The molecule has 3 fully saturated rings. The van der Waals surface area contributed by atoms with E-state index < -0.39 is 0 Å². The van der Waals surface area contributed by atoms with Crippen molar-refractivity contribution >= 4 is 0 Å². The van der Waals surface area contributed by atoms with Crippen molar-refractivity contribution in [2.45, 2.75) is 24.3 Å². The molecular weight excluding hydrogens is 204 g/mol. The second-order valence-electron chi connectivity index (χ2n) is 4.81. The number of H-pyrrole nitrogens is 1. The van der Waals surface area contributed by atoms with Crippen LogP contribution in [0.1, 0.15) is 18.7 Å². The molecule has 5 heteroatoms. The molecule has 0 radical (unpaired) electrons. The highest BCUT2D eigenvalue weighted by Crippen LogP contribution is 2.31. The Morgan fingerprint density at radius 3 is 3.12 bits per heavy atom. The van der Waals surface area contributed by atoms with Crippen LogP contribution in [0.4, 0.5) is 0 Å². The molecule has 86 valence electrons. The number of aromatic nitrogens is 2. The zero-order chi connectivity index (χ0) is 11.0. The minimum Gasteiger partial charge on any atom is -0.314 e. The quantitative estimate of drug-likeness (QED) is 0.589. The number of hydrogen-bond acceptors (Lipinski definition) is 4. The van der Waals surface area contributed by atoms with Gasteiger partial charge in [0.2, 0.25) is 0 Å². The standard InChI is InChI=1S/C11H16N4O/c16-9-2-4-13-10(15-9)11-3-1-8(14-7-11)5-12-6-11/h2,4,8,12,14H,1,3,5-7H2,(H,13,15,16). The zero-order valence-electron chi connectivity index (χ0n) is 9.12. The van der Waals surface area contributed by atoms with Gasteiger partial charge >= 0.3 is 0 Å². The fourth-order valence-corrected chi connectivity index (χ4v) is 2.72. The van der Waals surface area contributed by atoms with Gasteiger partial charge in [0.25, 0.3) is 5.56 Å². The summed E-state index contributed by atoms with van der Waals surface area (Å²) in [6.45, 7) is 2.81. The molecule has 0 amide bonds. The van der Waals surface area contributed by atoms with Crippen LogP contribution >= 0.6 is 0 Å². The van der Waals surface area contributed by atoms with E-state index in [2.05, 4.69) is 20.6 Å². The van der Waals surface area contributed by atoms with Gasteiger partial charge < -0.3 is 15.6 Å². The van der Waals surface area contributed by atoms with Crippen LogP contribution in [0.15, 0.2) is 17.1 Å². The molecule has 3 N–H and O–H groups in total. The third-order valence-corrected chi connectivity index (χ3v) is 3.73. The van der Waals surface area contributed by atoms with Crippen molar-refractivity contribution < 1.29 is 0 Å². The Labute approximate surface area is 93.7 Å². The summed E-state index contributed by atoms with van der Waals surface area (Å²) >= 11 is 0. The lowest BCUT2D eigenvalue weighted by Crippen LogP contribution is -2.49. The molecule has 5 nitrogen and oxygen atoms in total. The van der Waals surface area contributed by atoms with E-state index in [9.17, 15) is 4.79 Å². The molecule has 0 aliphatic carbocycles. The fourth-order valence-electron chi connectivity index (χ4n) is 2.72. The van der Waals surface area contributed by atoms with Gasteiger partial charge in [-0.2, -0.15) is 0 Å². The summed E-state index contributed by atoms with van der Waals surface area (Å²) in [6, 6.07) is 2.04. The number of nitrogens with one attached hydrogen (secondary N) is 3. The van der Waals surface area contributed by atoms with Crippen molar-refractivity contribution in [2.75, 3.05) is 19.6 Å². The van der Waals surface area contributed by atoms with Gasteiger partial charge in [0, 0.05) is 37.9 Å². The molecule has 2 bridgehead atoms. The third kappa shape index (κ3) is 1.56. The van der Waals surface area contributed by atoms with E-state index in [0.717, 1.165) is 38.3 Å². The Kier molecular flexibility index (Phi) is 2.29. The van der Waals surface area contributed by atoms with Crippen molar-refractivity contribution in [2.24, 2.45) is 0 Å². The highest BCUT2D eigenvalue weighted by Gasteiger charge is 2.40. The van der Waals surface area contributed by atoms with Crippen molar-refractivity contribution in [3.8, 4) is 0 Å². The SMILES string of the molecule is O=c1ccnc(C23CCC(CNC2)NC3)[nH]1. The molecule has 4 heterocycles. The Morgan fingerprint density at radius 2 is 2.38 bits per heavy atom. The molecule has 0 saturated carbocycles. The van der Waals surface area contributed by atoms with Crippen LogP contribution in [0.5, 0.6) is 0 Å². The maximum Gasteiger partial charge on any atom is 0.250 e. The molecule has 0 aromatic carbocycles. The molecular formula is C11H16N4O. The van der Waals surface area contributed by atoms with Crippen LogP contribution in [0.2, 0.25) is 0 Å². The summed E-state index contributed by atoms with van der Waals surface area (Å²) in [5, 5.41) is 6.96. The Hall–Kier alpha value is -1.20. The number of nitrogens with zero attached hydrogens (tertiary/aromatic N) is 1. The summed E-state index contributed by atoms with van der Waals surface area (Å²) in [4.78, 5) is 18.6. The minimum atomic E-state index is -0.0641. The molecule has 4 rings (SSSR count). The topological polar surface area (TPSA) is 69.8 Å². The molecule has 1 aromatic heterocycles. The van der Waals surface area contributed by atoms with E-state index in [1.807, 2.05) is 0 Å². The van der Waals surface area contributed by atoms with Crippen molar-refractivity contribution in [1.82, 2.24) is 20.6 Å². The number of piperidine rings is 1.